The molecule has 2 heterocycles. The molecule has 1 aromatic carbocycles. The second kappa shape index (κ2) is 8.04. The number of nitriles is 1. The fraction of sp³-hybridized carbons (Fsp3) is 0.263. The van der Waals surface area contributed by atoms with E-state index in [-0.39, 0.29) is 5.57 Å². The Labute approximate surface area is 155 Å². The molecule has 1 amide bonds. The van der Waals surface area contributed by atoms with E-state index in [1.54, 1.807) is 18.2 Å². The number of piperidine rings is 1. The van der Waals surface area contributed by atoms with Gasteiger partial charge in [-0.25, -0.2) is 0 Å². The van der Waals surface area contributed by atoms with Crippen LogP contribution in [0.4, 0.5) is 11.6 Å². The Hall–Kier alpha value is -2.52. The number of halogens is 1. The molecule has 5 nitrogen and oxygen atoms in total. The summed E-state index contributed by atoms with van der Waals surface area (Å²) in [5.74, 6) is 0.834. The molecule has 0 spiro atoms. The number of nitrogens with zero attached hydrogens (tertiary/aromatic N) is 2. The molecule has 0 unspecified atom stereocenters. The van der Waals surface area contributed by atoms with Crippen LogP contribution < -0.4 is 10.2 Å². The first kappa shape index (κ1) is 17.3. The van der Waals surface area contributed by atoms with Crippen molar-refractivity contribution in [1.82, 2.24) is 0 Å². The van der Waals surface area contributed by atoms with Crippen LogP contribution in [0.3, 0.4) is 0 Å². The lowest BCUT2D eigenvalue weighted by atomic mass is 10.1. The molecule has 0 radical (unpaired) electrons. The van der Waals surface area contributed by atoms with Gasteiger partial charge in [0.25, 0.3) is 5.91 Å². The van der Waals surface area contributed by atoms with E-state index in [1.165, 1.54) is 12.5 Å². The van der Waals surface area contributed by atoms with Crippen molar-refractivity contribution in [3.63, 3.8) is 0 Å². The highest BCUT2D eigenvalue weighted by Crippen LogP contribution is 2.24. The Balaban J connectivity index is 1.71. The molecule has 0 atom stereocenters. The number of hydrogen-bond donors (Lipinski definition) is 1. The molecule has 1 aliphatic rings. The first-order valence-electron chi connectivity index (χ1n) is 8.19. The maximum absolute atomic E-state index is 12.3. The Bertz CT molecular complexity index is 812. The molecule has 0 aliphatic carbocycles. The number of nitrogens with one attached hydrogen (secondary N) is 1. The van der Waals surface area contributed by atoms with E-state index < -0.39 is 5.91 Å². The van der Waals surface area contributed by atoms with Crippen molar-refractivity contribution in [2.24, 2.45) is 0 Å². The number of benzene rings is 1. The molecular formula is C19H18BrN3O2. The second-order valence-corrected chi connectivity index (χ2v) is 6.77. The van der Waals surface area contributed by atoms with Crippen LogP contribution >= 0.6 is 15.9 Å². The van der Waals surface area contributed by atoms with Crippen molar-refractivity contribution in [1.29, 1.82) is 5.26 Å². The number of carbonyl (C=O) groups excluding carboxylic acids is 1. The third-order valence-corrected chi connectivity index (χ3v) is 4.56. The van der Waals surface area contributed by atoms with Gasteiger partial charge in [-0.15, -0.1) is 0 Å². The molecule has 3 rings (SSSR count). The molecule has 25 heavy (non-hydrogen) atoms. The lowest BCUT2D eigenvalue weighted by Crippen LogP contribution is -2.28. The minimum Gasteiger partial charge on any atom is -0.441 e. The number of amides is 1. The van der Waals surface area contributed by atoms with Gasteiger partial charge < -0.3 is 14.6 Å². The van der Waals surface area contributed by atoms with Crippen LogP contribution in [0.2, 0.25) is 0 Å². The third-order valence-electron chi connectivity index (χ3n) is 4.03. The zero-order chi connectivity index (χ0) is 17.6. The molecule has 0 bridgehead atoms. The van der Waals surface area contributed by atoms with Crippen molar-refractivity contribution in [2.75, 3.05) is 23.3 Å². The standard InChI is InChI=1S/C19H18BrN3O2/c20-15-4-6-16(7-5-15)22-19(24)14(13-21)12-17-8-9-18(25-17)23-10-2-1-3-11-23/h4-9,12H,1-3,10-11H2,(H,22,24)/b14-12-. The van der Waals surface area contributed by atoms with Gasteiger partial charge in [-0.2, -0.15) is 5.26 Å². The van der Waals surface area contributed by atoms with Crippen molar-refractivity contribution in [3.8, 4) is 6.07 Å². The Kier molecular flexibility index (Phi) is 5.56. The van der Waals surface area contributed by atoms with Crippen molar-refractivity contribution in [2.45, 2.75) is 19.3 Å². The molecular weight excluding hydrogens is 382 g/mol. The second-order valence-electron chi connectivity index (χ2n) is 5.85. The Morgan fingerprint density at radius 2 is 1.88 bits per heavy atom. The van der Waals surface area contributed by atoms with Crippen LogP contribution in [0, 0.1) is 11.3 Å². The van der Waals surface area contributed by atoms with E-state index in [4.69, 9.17) is 4.42 Å². The highest BCUT2D eigenvalue weighted by molar-refractivity contribution is 9.10. The summed E-state index contributed by atoms with van der Waals surface area (Å²) < 4.78 is 6.70. The van der Waals surface area contributed by atoms with Crippen molar-refractivity contribution in [3.05, 3.63) is 52.2 Å². The number of furan rings is 1. The minimum atomic E-state index is -0.458. The average molecular weight is 400 g/mol. The van der Waals surface area contributed by atoms with Gasteiger partial charge in [0.05, 0.1) is 0 Å². The molecule has 1 saturated heterocycles. The van der Waals surface area contributed by atoms with Crippen molar-refractivity contribution >= 4 is 39.5 Å². The summed E-state index contributed by atoms with van der Waals surface area (Å²) in [7, 11) is 0. The van der Waals surface area contributed by atoms with Gasteiger partial charge in [-0.3, -0.25) is 4.79 Å². The summed E-state index contributed by atoms with van der Waals surface area (Å²) in [6, 6.07) is 12.8. The van der Waals surface area contributed by atoms with Crippen LogP contribution in [-0.4, -0.2) is 19.0 Å². The lowest BCUT2D eigenvalue weighted by molar-refractivity contribution is -0.112. The van der Waals surface area contributed by atoms with E-state index in [9.17, 15) is 10.1 Å². The molecule has 1 aliphatic heterocycles. The van der Waals surface area contributed by atoms with Gasteiger partial charge in [-0.1, -0.05) is 15.9 Å². The normalized spacial score (nSPS) is 14.9. The van der Waals surface area contributed by atoms with Crippen LogP contribution in [-0.2, 0) is 4.79 Å². The predicted octanol–water partition coefficient (Wildman–Crippen LogP) is 4.58. The zero-order valence-electron chi connectivity index (χ0n) is 13.7. The Morgan fingerprint density at radius 1 is 1.16 bits per heavy atom. The molecule has 1 fully saturated rings. The molecule has 6 heteroatoms. The van der Waals surface area contributed by atoms with Gasteiger partial charge in [0.2, 0.25) is 0 Å². The molecule has 1 aromatic heterocycles. The van der Waals surface area contributed by atoms with Crippen LogP contribution in [0.15, 0.2) is 50.9 Å². The number of rotatable bonds is 4. The van der Waals surface area contributed by atoms with Gasteiger partial charge in [0, 0.05) is 35.4 Å². The molecule has 0 saturated carbocycles. The largest absolute Gasteiger partial charge is 0.441 e. The maximum atomic E-state index is 12.3. The smallest absolute Gasteiger partial charge is 0.266 e. The topological polar surface area (TPSA) is 69.3 Å². The summed E-state index contributed by atoms with van der Waals surface area (Å²) in [6.45, 7) is 1.96. The fourth-order valence-electron chi connectivity index (χ4n) is 2.73. The highest BCUT2D eigenvalue weighted by atomic mass is 79.9. The summed E-state index contributed by atoms with van der Waals surface area (Å²) in [6.07, 6.45) is 5.04. The van der Waals surface area contributed by atoms with Gasteiger partial charge in [-0.05, 0) is 49.6 Å². The molecule has 1 N–H and O–H groups in total. The first-order valence-corrected chi connectivity index (χ1v) is 8.98. The summed E-state index contributed by atoms with van der Waals surface area (Å²) in [5, 5.41) is 12.0. The molecule has 128 valence electrons. The zero-order valence-corrected chi connectivity index (χ0v) is 15.3. The van der Waals surface area contributed by atoms with Gasteiger partial charge >= 0.3 is 0 Å². The van der Waals surface area contributed by atoms with Gasteiger partial charge in [0.1, 0.15) is 17.4 Å². The Morgan fingerprint density at radius 3 is 2.56 bits per heavy atom. The van der Waals surface area contributed by atoms with E-state index in [2.05, 4.69) is 26.1 Å². The monoisotopic (exact) mass is 399 g/mol. The number of carbonyl (C=O) groups is 1. The van der Waals surface area contributed by atoms with Gasteiger partial charge in [0.15, 0.2) is 5.88 Å². The molecule has 2 aromatic rings. The SMILES string of the molecule is N#C/C(=C/c1ccc(N2CCCCC2)o1)C(=O)Nc1ccc(Br)cc1. The van der Waals surface area contributed by atoms with Crippen LogP contribution in [0.1, 0.15) is 25.0 Å². The van der Waals surface area contributed by atoms with E-state index in [0.717, 1.165) is 36.3 Å². The van der Waals surface area contributed by atoms with Crippen LogP contribution in [0.5, 0.6) is 0 Å². The minimum absolute atomic E-state index is 0.00228. The number of anilines is 2. The summed E-state index contributed by atoms with van der Waals surface area (Å²) in [4.78, 5) is 14.5. The highest BCUT2D eigenvalue weighted by Gasteiger charge is 2.15. The van der Waals surface area contributed by atoms with E-state index in [0.29, 0.717) is 11.4 Å². The van der Waals surface area contributed by atoms with E-state index >= 15 is 0 Å². The lowest BCUT2D eigenvalue weighted by Gasteiger charge is -2.25. The first-order chi connectivity index (χ1) is 12.2. The quantitative estimate of drug-likeness (QED) is 0.603. The van der Waals surface area contributed by atoms with Crippen LogP contribution in [0.25, 0.3) is 6.08 Å². The van der Waals surface area contributed by atoms with Crippen molar-refractivity contribution < 1.29 is 9.21 Å². The number of hydrogen-bond acceptors (Lipinski definition) is 4. The summed E-state index contributed by atoms with van der Waals surface area (Å²) in [5.41, 5.74) is 0.630. The average Bonchev–Trinajstić information content (AvgIpc) is 3.11. The predicted molar refractivity (Wildman–Crippen MR) is 101 cm³/mol. The third kappa shape index (κ3) is 4.52. The maximum Gasteiger partial charge on any atom is 0.266 e. The fourth-order valence-corrected chi connectivity index (χ4v) is 2.99. The summed E-state index contributed by atoms with van der Waals surface area (Å²) >= 11 is 3.34. The van der Waals surface area contributed by atoms with E-state index in [1.807, 2.05) is 24.3 Å².